The second-order valence-electron chi connectivity index (χ2n) is 5.05. The Bertz CT molecular complexity index is 396. The van der Waals surface area contributed by atoms with E-state index in [1.165, 1.54) is 12.1 Å². The molecule has 106 valence electrons. The molecule has 2 rings (SSSR count). The Morgan fingerprint density at radius 3 is 2.26 bits per heavy atom. The van der Waals surface area contributed by atoms with E-state index in [1.807, 2.05) is 0 Å². The highest BCUT2D eigenvalue weighted by molar-refractivity contribution is 5.25. The lowest BCUT2D eigenvalue weighted by Gasteiger charge is -2.27. The van der Waals surface area contributed by atoms with Crippen LogP contribution in [0.25, 0.3) is 0 Å². The normalized spacial score (nSPS) is 19.4. The van der Waals surface area contributed by atoms with E-state index in [0.29, 0.717) is 6.42 Å². The fourth-order valence-electron chi connectivity index (χ4n) is 2.47. The Morgan fingerprint density at radius 1 is 1.16 bits per heavy atom. The molecule has 1 aliphatic rings. The van der Waals surface area contributed by atoms with Crippen LogP contribution in [0.1, 0.15) is 24.0 Å². The molecule has 1 unspecified atom stereocenters. The number of hydrogen-bond donors (Lipinski definition) is 2. The largest absolute Gasteiger partial charge is 0.416 e. The van der Waals surface area contributed by atoms with Gasteiger partial charge >= 0.3 is 6.18 Å². The molecule has 1 aliphatic heterocycles. The molecule has 1 aromatic rings. The van der Waals surface area contributed by atoms with E-state index in [0.717, 1.165) is 43.6 Å². The molecule has 1 atom stereocenters. The van der Waals surface area contributed by atoms with Gasteiger partial charge in [-0.3, -0.25) is 0 Å². The Morgan fingerprint density at radius 2 is 1.74 bits per heavy atom. The lowest BCUT2D eigenvalue weighted by atomic mass is 9.88. The molecule has 0 spiro atoms. The van der Waals surface area contributed by atoms with Crippen LogP contribution < -0.4 is 5.32 Å². The number of alkyl halides is 3. The van der Waals surface area contributed by atoms with Crippen LogP contribution in [-0.4, -0.2) is 24.3 Å². The quantitative estimate of drug-likeness (QED) is 0.887. The molecule has 1 aromatic carbocycles. The van der Waals surface area contributed by atoms with Gasteiger partial charge in [-0.2, -0.15) is 13.2 Å². The minimum Gasteiger partial charge on any atom is -0.392 e. The van der Waals surface area contributed by atoms with Gasteiger partial charge in [0.05, 0.1) is 11.7 Å². The molecule has 19 heavy (non-hydrogen) atoms. The Balaban J connectivity index is 1.95. The van der Waals surface area contributed by atoms with Crippen molar-refractivity contribution in [1.29, 1.82) is 0 Å². The third-order valence-corrected chi connectivity index (χ3v) is 3.65. The summed E-state index contributed by atoms with van der Waals surface area (Å²) in [6.45, 7) is 1.80. The van der Waals surface area contributed by atoms with Gasteiger partial charge in [0.15, 0.2) is 0 Å². The molecule has 2 nitrogen and oxygen atoms in total. The highest BCUT2D eigenvalue weighted by Crippen LogP contribution is 2.29. The van der Waals surface area contributed by atoms with E-state index in [2.05, 4.69) is 5.32 Å². The highest BCUT2D eigenvalue weighted by Gasteiger charge is 2.30. The van der Waals surface area contributed by atoms with Crippen molar-refractivity contribution in [2.45, 2.75) is 31.5 Å². The van der Waals surface area contributed by atoms with Crippen molar-refractivity contribution in [3.63, 3.8) is 0 Å². The molecule has 0 saturated carbocycles. The number of piperidine rings is 1. The van der Waals surface area contributed by atoms with Crippen LogP contribution in [0.15, 0.2) is 24.3 Å². The summed E-state index contributed by atoms with van der Waals surface area (Å²) in [4.78, 5) is 0. The topological polar surface area (TPSA) is 32.3 Å². The van der Waals surface area contributed by atoms with Gasteiger partial charge in [-0.25, -0.2) is 0 Å². The lowest BCUT2D eigenvalue weighted by Crippen LogP contribution is -2.35. The van der Waals surface area contributed by atoms with Gasteiger partial charge in [-0.1, -0.05) is 12.1 Å². The standard InChI is InChI=1S/C14H18F3NO/c15-14(16,17)12-3-1-10(2-4-12)9-13(19)11-5-7-18-8-6-11/h1-4,11,13,18-19H,5-9H2. The summed E-state index contributed by atoms with van der Waals surface area (Å²) in [5, 5.41) is 13.3. The first kappa shape index (κ1) is 14.3. The number of halogens is 3. The van der Waals surface area contributed by atoms with Crippen LogP contribution >= 0.6 is 0 Å². The van der Waals surface area contributed by atoms with E-state index < -0.39 is 17.8 Å². The Labute approximate surface area is 110 Å². The summed E-state index contributed by atoms with van der Waals surface area (Å²) in [5.41, 5.74) is 0.103. The van der Waals surface area contributed by atoms with E-state index in [4.69, 9.17) is 0 Å². The second kappa shape index (κ2) is 5.92. The van der Waals surface area contributed by atoms with Crippen LogP contribution in [0, 0.1) is 5.92 Å². The monoisotopic (exact) mass is 273 g/mol. The fraction of sp³-hybridized carbons (Fsp3) is 0.571. The first-order valence-corrected chi connectivity index (χ1v) is 6.52. The zero-order valence-electron chi connectivity index (χ0n) is 10.6. The summed E-state index contributed by atoms with van der Waals surface area (Å²) in [6, 6.07) is 5.05. The number of hydrogen-bond acceptors (Lipinski definition) is 2. The van der Waals surface area contributed by atoms with E-state index in [9.17, 15) is 18.3 Å². The average molecular weight is 273 g/mol. The molecule has 1 fully saturated rings. The van der Waals surface area contributed by atoms with E-state index >= 15 is 0 Å². The highest BCUT2D eigenvalue weighted by atomic mass is 19.4. The van der Waals surface area contributed by atoms with Crippen LogP contribution in [-0.2, 0) is 12.6 Å². The summed E-state index contributed by atoms with van der Waals surface area (Å²) < 4.78 is 37.2. The molecule has 0 aliphatic carbocycles. The summed E-state index contributed by atoms with van der Waals surface area (Å²) >= 11 is 0. The fourth-order valence-corrected chi connectivity index (χ4v) is 2.47. The third-order valence-electron chi connectivity index (χ3n) is 3.65. The number of benzene rings is 1. The third kappa shape index (κ3) is 3.94. The molecular weight excluding hydrogens is 255 g/mol. The maximum Gasteiger partial charge on any atom is 0.416 e. The maximum absolute atomic E-state index is 12.4. The molecule has 0 bridgehead atoms. The smallest absolute Gasteiger partial charge is 0.392 e. The van der Waals surface area contributed by atoms with Crippen LogP contribution in [0.4, 0.5) is 13.2 Å². The molecule has 0 radical (unpaired) electrons. The molecule has 1 saturated heterocycles. The minimum atomic E-state index is -4.30. The minimum absolute atomic E-state index is 0.239. The summed E-state index contributed by atoms with van der Waals surface area (Å²) in [6.07, 6.45) is -2.52. The molecule has 0 amide bonds. The Hall–Kier alpha value is -1.07. The number of rotatable bonds is 3. The van der Waals surface area contributed by atoms with Crippen LogP contribution in [0.3, 0.4) is 0 Å². The molecule has 2 N–H and O–H groups in total. The predicted octanol–water partition coefficient (Wildman–Crippen LogP) is 2.61. The van der Waals surface area contributed by atoms with Gasteiger partial charge in [0.1, 0.15) is 0 Å². The Kier molecular flexibility index (Phi) is 4.47. The molecule has 0 aromatic heterocycles. The molecular formula is C14H18F3NO. The number of aliphatic hydroxyl groups excluding tert-OH is 1. The predicted molar refractivity (Wildman–Crippen MR) is 66.7 cm³/mol. The van der Waals surface area contributed by atoms with Gasteiger partial charge in [0.25, 0.3) is 0 Å². The summed E-state index contributed by atoms with van der Waals surface area (Å²) in [7, 11) is 0. The summed E-state index contributed by atoms with van der Waals surface area (Å²) in [5.74, 6) is 0.239. The van der Waals surface area contributed by atoms with Crippen molar-refractivity contribution in [1.82, 2.24) is 5.32 Å². The van der Waals surface area contributed by atoms with E-state index in [-0.39, 0.29) is 5.92 Å². The van der Waals surface area contributed by atoms with Gasteiger partial charge < -0.3 is 10.4 Å². The molecule has 5 heteroatoms. The lowest BCUT2D eigenvalue weighted by molar-refractivity contribution is -0.137. The first-order valence-electron chi connectivity index (χ1n) is 6.52. The maximum atomic E-state index is 12.4. The zero-order chi connectivity index (χ0) is 13.9. The van der Waals surface area contributed by atoms with Crippen molar-refractivity contribution >= 4 is 0 Å². The van der Waals surface area contributed by atoms with Crippen molar-refractivity contribution in [3.05, 3.63) is 35.4 Å². The molecule has 1 heterocycles. The van der Waals surface area contributed by atoms with Crippen molar-refractivity contribution in [2.75, 3.05) is 13.1 Å². The van der Waals surface area contributed by atoms with Crippen molar-refractivity contribution < 1.29 is 18.3 Å². The van der Waals surface area contributed by atoms with Gasteiger partial charge in [0.2, 0.25) is 0 Å². The van der Waals surface area contributed by atoms with Crippen molar-refractivity contribution in [3.8, 4) is 0 Å². The van der Waals surface area contributed by atoms with Crippen LogP contribution in [0.5, 0.6) is 0 Å². The van der Waals surface area contributed by atoms with Crippen LogP contribution in [0.2, 0.25) is 0 Å². The SMILES string of the molecule is OC(Cc1ccc(C(F)(F)F)cc1)C1CCNCC1. The van der Waals surface area contributed by atoms with Crippen molar-refractivity contribution in [2.24, 2.45) is 5.92 Å². The zero-order valence-corrected chi connectivity index (χ0v) is 10.6. The second-order valence-corrected chi connectivity index (χ2v) is 5.05. The van der Waals surface area contributed by atoms with Gasteiger partial charge in [-0.05, 0) is 56.0 Å². The van der Waals surface area contributed by atoms with Gasteiger partial charge in [0, 0.05) is 0 Å². The van der Waals surface area contributed by atoms with E-state index in [1.54, 1.807) is 0 Å². The first-order chi connectivity index (χ1) is 8.97. The number of nitrogens with one attached hydrogen (secondary N) is 1. The number of aliphatic hydroxyl groups is 1. The average Bonchev–Trinajstić information content (AvgIpc) is 2.39. The van der Waals surface area contributed by atoms with Gasteiger partial charge in [-0.15, -0.1) is 0 Å².